The SMILES string of the molecule is Cc1ccccc1C1NC(SCC2CN3CC(Cl)CCC3N2)NN1C. The average Bonchev–Trinajstić information content (AvgIpc) is 3.16. The second kappa shape index (κ2) is 7.72. The largest absolute Gasteiger partial charge is 0.297 e. The van der Waals surface area contributed by atoms with E-state index in [9.17, 15) is 0 Å². The topological polar surface area (TPSA) is 42.6 Å². The van der Waals surface area contributed by atoms with E-state index in [1.807, 2.05) is 11.8 Å². The molecule has 5 unspecified atom stereocenters. The number of thioether (sulfide) groups is 1. The lowest BCUT2D eigenvalue weighted by molar-refractivity contribution is 0.189. The zero-order valence-corrected chi connectivity index (χ0v) is 16.5. The van der Waals surface area contributed by atoms with Gasteiger partial charge in [0.2, 0.25) is 0 Å². The van der Waals surface area contributed by atoms with E-state index in [4.69, 9.17) is 11.6 Å². The van der Waals surface area contributed by atoms with Gasteiger partial charge in [-0.05, 0) is 30.9 Å². The summed E-state index contributed by atoms with van der Waals surface area (Å²) in [6.45, 7) is 4.32. The van der Waals surface area contributed by atoms with E-state index < -0.39 is 0 Å². The Morgan fingerprint density at radius 3 is 2.88 bits per heavy atom. The van der Waals surface area contributed by atoms with Gasteiger partial charge in [0.15, 0.2) is 0 Å². The predicted octanol–water partition coefficient (Wildman–Crippen LogP) is 2.05. The molecule has 1 aromatic carbocycles. The van der Waals surface area contributed by atoms with Crippen LogP contribution in [0.4, 0.5) is 0 Å². The van der Waals surface area contributed by atoms with E-state index in [2.05, 4.69) is 64.2 Å². The maximum atomic E-state index is 6.31. The second-order valence-electron chi connectivity index (χ2n) is 7.39. The molecule has 0 aromatic heterocycles. The zero-order chi connectivity index (χ0) is 17.4. The second-order valence-corrected chi connectivity index (χ2v) is 9.14. The predicted molar refractivity (Wildman–Crippen MR) is 105 cm³/mol. The van der Waals surface area contributed by atoms with E-state index in [-0.39, 0.29) is 11.7 Å². The third-order valence-electron chi connectivity index (χ3n) is 5.47. The highest BCUT2D eigenvalue weighted by Gasteiger charge is 2.37. The number of halogens is 1. The minimum atomic E-state index is 0.221. The highest BCUT2D eigenvalue weighted by Crippen LogP contribution is 2.28. The number of benzene rings is 1. The highest BCUT2D eigenvalue weighted by atomic mass is 35.5. The summed E-state index contributed by atoms with van der Waals surface area (Å²) in [5, 5.41) is 9.99. The maximum Gasteiger partial charge on any atom is 0.120 e. The summed E-state index contributed by atoms with van der Waals surface area (Å²) in [5.41, 5.74) is 6.45. The minimum Gasteiger partial charge on any atom is -0.297 e. The van der Waals surface area contributed by atoms with E-state index in [0.29, 0.717) is 17.6 Å². The Bertz CT molecular complexity index is 603. The van der Waals surface area contributed by atoms with Gasteiger partial charge in [-0.3, -0.25) is 15.5 Å². The van der Waals surface area contributed by atoms with Gasteiger partial charge in [0.05, 0.1) is 6.17 Å². The number of alkyl halides is 1. The molecule has 3 fully saturated rings. The van der Waals surface area contributed by atoms with Gasteiger partial charge in [-0.1, -0.05) is 24.3 Å². The molecule has 0 amide bonds. The van der Waals surface area contributed by atoms with E-state index in [0.717, 1.165) is 25.3 Å². The minimum absolute atomic E-state index is 0.221. The molecule has 5 nitrogen and oxygen atoms in total. The summed E-state index contributed by atoms with van der Waals surface area (Å²) in [6.07, 6.45) is 3.06. The molecule has 25 heavy (non-hydrogen) atoms. The molecule has 1 aromatic rings. The van der Waals surface area contributed by atoms with Gasteiger partial charge < -0.3 is 0 Å². The molecule has 3 saturated heterocycles. The van der Waals surface area contributed by atoms with Crippen molar-refractivity contribution in [1.82, 2.24) is 26.0 Å². The van der Waals surface area contributed by atoms with Crippen LogP contribution in [-0.4, -0.2) is 58.9 Å². The Balaban J connectivity index is 1.29. The summed E-state index contributed by atoms with van der Waals surface area (Å²) >= 11 is 8.26. The molecule has 3 aliphatic heterocycles. The summed E-state index contributed by atoms with van der Waals surface area (Å²) in [7, 11) is 2.11. The zero-order valence-electron chi connectivity index (χ0n) is 14.9. The Morgan fingerprint density at radius 2 is 2.04 bits per heavy atom. The smallest absolute Gasteiger partial charge is 0.120 e. The third kappa shape index (κ3) is 4.00. The molecule has 138 valence electrons. The van der Waals surface area contributed by atoms with Crippen molar-refractivity contribution in [3.8, 4) is 0 Å². The lowest BCUT2D eigenvalue weighted by Crippen LogP contribution is -2.44. The van der Waals surface area contributed by atoms with E-state index in [1.54, 1.807) is 0 Å². The van der Waals surface area contributed by atoms with Crippen molar-refractivity contribution in [2.24, 2.45) is 0 Å². The van der Waals surface area contributed by atoms with Crippen LogP contribution < -0.4 is 16.1 Å². The van der Waals surface area contributed by atoms with Gasteiger partial charge in [-0.15, -0.1) is 23.4 Å². The molecular formula is C18H28ClN5S. The van der Waals surface area contributed by atoms with Gasteiger partial charge in [0, 0.05) is 37.3 Å². The van der Waals surface area contributed by atoms with Gasteiger partial charge in [0.1, 0.15) is 11.7 Å². The Morgan fingerprint density at radius 1 is 1.20 bits per heavy atom. The lowest BCUT2D eigenvalue weighted by atomic mass is 10.1. The summed E-state index contributed by atoms with van der Waals surface area (Å²) in [6, 6.07) is 9.13. The number of nitrogens with one attached hydrogen (secondary N) is 3. The molecule has 7 heteroatoms. The summed E-state index contributed by atoms with van der Waals surface area (Å²) in [5.74, 6) is 1.10. The van der Waals surface area contributed by atoms with Crippen LogP contribution in [0, 0.1) is 6.92 Å². The standard InChI is InChI=1S/C18H28ClN5S/c1-12-5-3-4-6-15(12)17-21-18(22-23(17)2)25-11-14-10-24-9-13(19)7-8-16(24)20-14/h3-6,13-14,16-18,20-22H,7-11H2,1-2H3. The van der Waals surface area contributed by atoms with E-state index >= 15 is 0 Å². The average molecular weight is 382 g/mol. The van der Waals surface area contributed by atoms with Crippen molar-refractivity contribution in [3.05, 3.63) is 35.4 Å². The molecule has 3 aliphatic rings. The van der Waals surface area contributed by atoms with Crippen molar-refractivity contribution in [3.63, 3.8) is 0 Å². The molecule has 4 rings (SSSR count). The summed E-state index contributed by atoms with van der Waals surface area (Å²) in [4.78, 5) is 2.52. The fourth-order valence-electron chi connectivity index (χ4n) is 4.14. The van der Waals surface area contributed by atoms with Crippen molar-refractivity contribution in [1.29, 1.82) is 0 Å². The molecule has 0 aliphatic carbocycles. The number of piperidine rings is 1. The molecule has 3 heterocycles. The van der Waals surface area contributed by atoms with Crippen LogP contribution in [0.1, 0.15) is 30.1 Å². The van der Waals surface area contributed by atoms with Crippen LogP contribution in [0.2, 0.25) is 0 Å². The molecule has 0 radical (unpaired) electrons. The van der Waals surface area contributed by atoms with Crippen molar-refractivity contribution < 1.29 is 0 Å². The Hall–Kier alpha value is -0.340. The number of hydrogen-bond donors (Lipinski definition) is 3. The lowest BCUT2D eigenvalue weighted by Gasteiger charge is -2.31. The highest BCUT2D eigenvalue weighted by molar-refractivity contribution is 7.99. The van der Waals surface area contributed by atoms with Gasteiger partial charge in [-0.2, -0.15) is 0 Å². The Labute approximate surface area is 159 Å². The number of fused-ring (bicyclic) bond motifs is 1. The fraction of sp³-hybridized carbons (Fsp3) is 0.667. The van der Waals surface area contributed by atoms with Crippen molar-refractivity contribution in [2.45, 2.75) is 49.0 Å². The van der Waals surface area contributed by atoms with Gasteiger partial charge >= 0.3 is 0 Å². The molecule has 0 spiro atoms. The molecule has 0 bridgehead atoms. The first-order valence-corrected chi connectivity index (χ1v) is 10.6. The van der Waals surface area contributed by atoms with Gasteiger partial charge in [0.25, 0.3) is 0 Å². The molecule has 0 saturated carbocycles. The van der Waals surface area contributed by atoms with Crippen LogP contribution in [0.5, 0.6) is 0 Å². The monoisotopic (exact) mass is 381 g/mol. The van der Waals surface area contributed by atoms with Crippen LogP contribution in [0.15, 0.2) is 24.3 Å². The van der Waals surface area contributed by atoms with E-state index in [1.165, 1.54) is 17.5 Å². The third-order valence-corrected chi connectivity index (χ3v) is 7.00. The van der Waals surface area contributed by atoms with Crippen LogP contribution >= 0.6 is 23.4 Å². The van der Waals surface area contributed by atoms with Crippen LogP contribution in [0.25, 0.3) is 0 Å². The number of hydrazine groups is 1. The molecular weight excluding hydrogens is 354 g/mol. The quantitative estimate of drug-likeness (QED) is 0.694. The summed E-state index contributed by atoms with van der Waals surface area (Å²) < 4.78 is 0. The number of nitrogens with zero attached hydrogens (tertiary/aromatic N) is 2. The number of rotatable bonds is 4. The maximum absolute atomic E-state index is 6.31. The number of aryl methyl sites for hydroxylation is 1. The molecule has 3 N–H and O–H groups in total. The van der Waals surface area contributed by atoms with Crippen molar-refractivity contribution in [2.75, 3.05) is 25.9 Å². The van der Waals surface area contributed by atoms with Crippen molar-refractivity contribution >= 4 is 23.4 Å². The first-order chi connectivity index (χ1) is 12.1. The van der Waals surface area contributed by atoms with Gasteiger partial charge in [-0.25, -0.2) is 10.4 Å². The first kappa shape index (κ1) is 18.0. The Kier molecular flexibility index (Phi) is 5.57. The van der Waals surface area contributed by atoms with Crippen LogP contribution in [0.3, 0.4) is 0 Å². The number of hydrogen-bond acceptors (Lipinski definition) is 6. The normalized spacial score (nSPS) is 36.7. The fourth-order valence-corrected chi connectivity index (χ4v) is 5.53. The first-order valence-electron chi connectivity index (χ1n) is 9.16. The molecule has 5 atom stereocenters. The van der Waals surface area contributed by atoms with Crippen LogP contribution in [-0.2, 0) is 0 Å².